The second-order valence-corrected chi connectivity index (χ2v) is 7.82. The molecule has 0 fully saturated rings. The molecule has 0 amide bonds. The normalized spacial score (nSPS) is 11.4. The van der Waals surface area contributed by atoms with Crippen molar-refractivity contribution >= 4 is 15.8 Å². The van der Waals surface area contributed by atoms with Gasteiger partial charge in [0.1, 0.15) is 11.6 Å². The summed E-state index contributed by atoms with van der Waals surface area (Å²) >= 11 is 0. The number of rotatable bonds is 9. The van der Waals surface area contributed by atoms with E-state index in [9.17, 15) is 8.42 Å². The average molecular weight is 401 g/mol. The Balaban J connectivity index is 1.52. The lowest BCUT2D eigenvalue weighted by Gasteiger charge is -2.11. The number of aryl methyl sites for hydroxylation is 1. The van der Waals surface area contributed by atoms with Crippen LogP contribution < -0.4 is 14.8 Å². The lowest BCUT2D eigenvalue weighted by Crippen LogP contribution is -2.29. The minimum Gasteiger partial charge on any atom is -0.494 e. The molecule has 0 unspecified atom stereocenters. The predicted molar refractivity (Wildman–Crippen MR) is 107 cm³/mol. The van der Waals surface area contributed by atoms with Crippen molar-refractivity contribution in [3.63, 3.8) is 0 Å². The Morgan fingerprint density at radius 2 is 1.86 bits per heavy atom. The van der Waals surface area contributed by atoms with Crippen LogP contribution in [0.3, 0.4) is 0 Å². The van der Waals surface area contributed by atoms with Gasteiger partial charge in [-0.2, -0.15) is 0 Å². The van der Waals surface area contributed by atoms with Crippen LogP contribution in [0.4, 0.5) is 5.82 Å². The molecule has 0 aliphatic heterocycles. The van der Waals surface area contributed by atoms with Gasteiger partial charge in [-0.05, 0) is 61.9 Å². The summed E-state index contributed by atoms with van der Waals surface area (Å²) in [6, 6.07) is 12.3. The van der Waals surface area contributed by atoms with Gasteiger partial charge in [-0.15, -0.1) is 10.2 Å². The predicted octanol–water partition coefficient (Wildman–Crippen LogP) is 2.36. The summed E-state index contributed by atoms with van der Waals surface area (Å²) in [4.78, 5) is 0.212. The number of nitrogens with one attached hydrogen (secondary N) is 2. The van der Waals surface area contributed by atoms with Gasteiger partial charge in [0.05, 0.1) is 11.5 Å². The molecule has 0 aliphatic rings. The molecule has 0 radical (unpaired) electrons. The monoisotopic (exact) mass is 401 g/mol. The molecule has 0 aliphatic carbocycles. The summed E-state index contributed by atoms with van der Waals surface area (Å²) in [6.07, 6.45) is 3.77. The van der Waals surface area contributed by atoms with Gasteiger partial charge < -0.3 is 14.6 Å². The van der Waals surface area contributed by atoms with Gasteiger partial charge in [0, 0.05) is 25.5 Å². The minimum atomic E-state index is -3.59. The number of benzene rings is 1. The van der Waals surface area contributed by atoms with Crippen molar-refractivity contribution in [3.8, 4) is 11.6 Å². The fourth-order valence-electron chi connectivity index (χ4n) is 2.61. The van der Waals surface area contributed by atoms with Crippen LogP contribution in [0, 0.1) is 6.92 Å². The number of hydrogen-bond donors (Lipinski definition) is 2. The molecule has 0 atom stereocenters. The van der Waals surface area contributed by atoms with Crippen molar-refractivity contribution in [2.24, 2.45) is 0 Å². The van der Waals surface area contributed by atoms with E-state index < -0.39 is 10.0 Å². The average Bonchev–Trinajstić information content (AvgIpc) is 3.22. The smallest absolute Gasteiger partial charge is 0.240 e. The van der Waals surface area contributed by atoms with Crippen LogP contribution in [-0.4, -0.2) is 42.9 Å². The Morgan fingerprint density at radius 1 is 1.07 bits per heavy atom. The SMILES string of the molecule is CCOc1ccc(S(=O)(=O)NCCNc2ccc(-n3cccc3)nn2)cc1C. The summed E-state index contributed by atoms with van der Waals surface area (Å²) in [6.45, 7) is 4.84. The molecule has 28 heavy (non-hydrogen) atoms. The van der Waals surface area contributed by atoms with Gasteiger partial charge in [-0.1, -0.05) is 0 Å². The van der Waals surface area contributed by atoms with Crippen molar-refractivity contribution in [2.45, 2.75) is 18.7 Å². The van der Waals surface area contributed by atoms with Crippen molar-refractivity contribution in [1.29, 1.82) is 0 Å². The highest BCUT2D eigenvalue weighted by atomic mass is 32.2. The molecule has 2 aromatic heterocycles. The maximum absolute atomic E-state index is 12.4. The third-order valence-corrected chi connectivity index (χ3v) is 5.46. The van der Waals surface area contributed by atoms with E-state index in [1.807, 2.05) is 49.0 Å². The summed E-state index contributed by atoms with van der Waals surface area (Å²) in [7, 11) is -3.59. The summed E-state index contributed by atoms with van der Waals surface area (Å²) < 4.78 is 34.7. The highest BCUT2D eigenvalue weighted by Crippen LogP contribution is 2.21. The fraction of sp³-hybridized carbons (Fsp3) is 0.263. The lowest BCUT2D eigenvalue weighted by atomic mass is 10.2. The maximum Gasteiger partial charge on any atom is 0.240 e. The van der Waals surface area contributed by atoms with E-state index in [0.29, 0.717) is 30.5 Å². The molecule has 0 spiro atoms. The number of hydrogen-bond acceptors (Lipinski definition) is 6. The van der Waals surface area contributed by atoms with Gasteiger partial charge in [-0.3, -0.25) is 0 Å². The topological polar surface area (TPSA) is 98.1 Å². The summed E-state index contributed by atoms with van der Waals surface area (Å²) in [5.74, 6) is 1.97. The van der Waals surface area contributed by atoms with E-state index >= 15 is 0 Å². The van der Waals surface area contributed by atoms with Gasteiger partial charge in [0.2, 0.25) is 10.0 Å². The Morgan fingerprint density at radius 3 is 2.50 bits per heavy atom. The number of nitrogens with zero attached hydrogens (tertiary/aromatic N) is 3. The molecule has 0 saturated heterocycles. The molecule has 0 bridgehead atoms. The first-order valence-electron chi connectivity index (χ1n) is 8.93. The van der Waals surface area contributed by atoms with Crippen LogP contribution in [0.25, 0.3) is 5.82 Å². The first-order valence-corrected chi connectivity index (χ1v) is 10.4. The zero-order chi connectivity index (χ0) is 20.0. The number of aromatic nitrogens is 3. The lowest BCUT2D eigenvalue weighted by molar-refractivity contribution is 0.337. The Hall–Kier alpha value is -2.91. The first-order chi connectivity index (χ1) is 13.5. The van der Waals surface area contributed by atoms with Crippen LogP contribution >= 0.6 is 0 Å². The minimum absolute atomic E-state index is 0.212. The van der Waals surface area contributed by atoms with E-state index in [2.05, 4.69) is 20.2 Å². The zero-order valence-electron chi connectivity index (χ0n) is 15.8. The molecule has 9 heteroatoms. The van der Waals surface area contributed by atoms with Crippen molar-refractivity contribution < 1.29 is 13.2 Å². The fourth-order valence-corrected chi connectivity index (χ4v) is 3.73. The van der Waals surface area contributed by atoms with Crippen molar-refractivity contribution in [3.05, 3.63) is 60.4 Å². The standard InChI is InChI=1S/C19H23N5O3S/c1-3-27-17-7-6-16(14-15(17)2)28(25,26)21-11-10-20-18-8-9-19(23-22-18)24-12-4-5-13-24/h4-9,12-14,21H,3,10-11H2,1-2H3,(H,20,22). The Kier molecular flexibility index (Phi) is 6.27. The molecular formula is C19H23N5O3S. The molecule has 2 N–H and O–H groups in total. The molecule has 3 aromatic rings. The van der Waals surface area contributed by atoms with E-state index in [1.54, 1.807) is 24.3 Å². The second-order valence-electron chi connectivity index (χ2n) is 6.05. The van der Waals surface area contributed by atoms with Crippen LogP contribution in [-0.2, 0) is 10.0 Å². The van der Waals surface area contributed by atoms with E-state index in [4.69, 9.17) is 4.74 Å². The number of sulfonamides is 1. The van der Waals surface area contributed by atoms with Crippen LogP contribution in [0.1, 0.15) is 12.5 Å². The van der Waals surface area contributed by atoms with Crippen molar-refractivity contribution in [1.82, 2.24) is 19.5 Å². The molecule has 3 rings (SSSR count). The molecular weight excluding hydrogens is 378 g/mol. The molecule has 148 valence electrons. The molecule has 1 aromatic carbocycles. The molecule has 8 nitrogen and oxygen atoms in total. The highest BCUT2D eigenvalue weighted by Gasteiger charge is 2.15. The Bertz CT molecular complexity index is 1000. The van der Waals surface area contributed by atoms with E-state index in [1.165, 1.54) is 0 Å². The van der Waals surface area contributed by atoms with Crippen LogP contribution in [0.2, 0.25) is 0 Å². The van der Waals surface area contributed by atoms with Gasteiger partial charge in [0.15, 0.2) is 5.82 Å². The quantitative estimate of drug-likeness (QED) is 0.534. The first kappa shape index (κ1) is 19.8. The maximum atomic E-state index is 12.4. The highest BCUT2D eigenvalue weighted by molar-refractivity contribution is 7.89. The Labute approximate surface area is 164 Å². The van der Waals surface area contributed by atoms with Gasteiger partial charge in [0.25, 0.3) is 0 Å². The number of ether oxygens (including phenoxy) is 1. The van der Waals surface area contributed by atoms with Gasteiger partial charge in [-0.25, -0.2) is 13.1 Å². The van der Waals surface area contributed by atoms with Gasteiger partial charge >= 0.3 is 0 Å². The van der Waals surface area contributed by atoms with Crippen LogP contribution in [0.15, 0.2) is 59.8 Å². The van der Waals surface area contributed by atoms with E-state index in [-0.39, 0.29) is 11.4 Å². The zero-order valence-corrected chi connectivity index (χ0v) is 16.6. The number of anilines is 1. The van der Waals surface area contributed by atoms with Crippen molar-refractivity contribution in [2.75, 3.05) is 25.0 Å². The largest absolute Gasteiger partial charge is 0.494 e. The molecule has 2 heterocycles. The van der Waals surface area contributed by atoms with Crippen LogP contribution in [0.5, 0.6) is 5.75 Å². The molecule has 0 saturated carbocycles. The van der Waals surface area contributed by atoms with E-state index in [0.717, 1.165) is 5.56 Å². The second kappa shape index (κ2) is 8.85. The summed E-state index contributed by atoms with van der Waals surface area (Å²) in [5, 5.41) is 11.3. The third kappa shape index (κ3) is 4.87. The third-order valence-electron chi connectivity index (χ3n) is 4.00. The summed E-state index contributed by atoms with van der Waals surface area (Å²) in [5.41, 5.74) is 0.779.